The lowest BCUT2D eigenvalue weighted by Gasteiger charge is -2.56. The first-order chi connectivity index (χ1) is 17.8. The van der Waals surface area contributed by atoms with E-state index in [4.69, 9.17) is 14.6 Å². The van der Waals surface area contributed by atoms with Gasteiger partial charge in [0.15, 0.2) is 5.82 Å². The minimum absolute atomic E-state index is 0.00853. The number of benzene rings is 2. The fourth-order valence-corrected chi connectivity index (χ4v) is 5.37. The van der Waals surface area contributed by atoms with Gasteiger partial charge in [0.05, 0.1) is 42.1 Å². The molecule has 0 bridgehead atoms. The van der Waals surface area contributed by atoms with Crippen LogP contribution in [0.4, 0.5) is 11.5 Å². The monoisotopic (exact) mass is 502 g/mol. The van der Waals surface area contributed by atoms with E-state index >= 15 is 0 Å². The Morgan fingerprint density at radius 1 is 1.16 bits per heavy atom. The molecule has 9 heteroatoms. The Labute approximate surface area is 217 Å². The third kappa shape index (κ3) is 5.36. The van der Waals surface area contributed by atoms with Crippen LogP contribution in [0.25, 0.3) is 10.8 Å². The maximum atomic E-state index is 9.41. The van der Waals surface area contributed by atoms with E-state index in [0.29, 0.717) is 5.56 Å². The molecule has 0 amide bonds. The normalized spacial score (nSPS) is 17.6. The van der Waals surface area contributed by atoms with Crippen LogP contribution in [0.5, 0.6) is 0 Å². The molecule has 194 valence electrons. The van der Waals surface area contributed by atoms with Crippen LogP contribution in [-0.4, -0.2) is 71.6 Å². The fourth-order valence-electron chi connectivity index (χ4n) is 5.37. The predicted molar refractivity (Wildman–Crippen MR) is 144 cm³/mol. The summed E-state index contributed by atoms with van der Waals surface area (Å²) >= 11 is 0. The molecule has 0 saturated carbocycles. The number of nitriles is 1. The Balaban J connectivity index is 0.00000102. The zero-order valence-electron chi connectivity index (χ0n) is 21.9. The smallest absolute Gasteiger partial charge is 0.290 e. The average Bonchev–Trinajstić information content (AvgIpc) is 2.89. The number of ether oxygens (including phenoxy) is 1. The summed E-state index contributed by atoms with van der Waals surface area (Å²) in [5, 5.41) is 31.0. The molecular weight excluding hydrogens is 468 g/mol. The molecule has 1 atom stereocenters. The Kier molecular flexibility index (Phi) is 7.91. The highest BCUT2D eigenvalue weighted by molar-refractivity contribution is 5.95. The average molecular weight is 503 g/mol. The van der Waals surface area contributed by atoms with Crippen molar-refractivity contribution in [1.82, 2.24) is 15.1 Å². The number of rotatable bonds is 5. The van der Waals surface area contributed by atoms with Crippen molar-refractivity contribution in [3.05, 3.63) is 58.8 Å². The number of aryl methyl sites for hydroxylation is 1. The molecular formula is C28H34N6O3. The number of carbonyl (C=O) groups is 1. The van der Waals surface area contributed by atoms with Gasteiger partial charge < -0.3 is 20.1 Å². The van der Waals surface area contributed by atoms with E-state index < -0.39 is 0 Å². The predicted octanol–water partition coefficient (Wildman–Crippen LogP) is 3.90. The first-order valence-electron chi connectivity index (χ1n) is 12.5. The van der Waals surface area contributed by atoms with Gasteiger partial charge in [0.2, 0.25) is 0 Å². The Bertz CT molecular complexity index is 1310. The lowest BCUT2D eigenvalue weighted by atomic mass is 9.88. The molecule has 0 unspecified atom stereocenters. The number of nitrogens with one attached hydrogen (secondary N) is 1. The number of nitrogens with zero attached hydrogens (tertiary/aromatic N) is 5. The largest absolute Gasteiger partial charge is 0.483 e. The minimum atomic E-state index is -0.250. The lowest BCUT2D eigenvalue weighted by Crippen LogP contribution is -2.70. The molecule has 2 saturated heterocycles. The first-order valence-corrected chi connectivity index (χ1v) is 12.5. The zero-order valence-corrected chi connectivity index (χ0v) is 21.9. The minimum Gasteiger partial charge on any atom is -0.483 e. The van der Waals surface area contributed by atoms with E-state index in [9.17, 15) is 5.26 Å². The summed E-state index contributed by atoms with van der Waals surface area (Å²) in [6.07, 6.45) is 0. The molecule has 9 nitrogen and oxygen atoms in total. The van der Waals surface area contributed by atoms with Crippen LogP contribution in [0, 0.1) is 25.2 Å². The highest BCUT2D eigenvalue weighted by Gasteiger charge is 2.44. The van der Waals surface area contributed by atoms with E-state index in [1.165, 1.54) is 5.69 Å². The van der Waals surface area contributed by atoms with Crippen LogP contribution < -0.4 is 10.2 Å². The number of hydrogen-bond donors (Lipinski definition) is 2. The van der Waals surface area contributed by atoms with Gasteiger partial charge in [-0.2, -0.15) is 10.4 Å². The molecule has 3 aromatic rings. The van der Waals surface area contributed by atoms with Crippen LogP contribution in [0.1, 0.15) is 42.3 Å². The highest BCUT2D eigenvalue weighted by Crippen LogP contribution is 2.36. The summed E-state index contributed by atoms with van der Waals surface area (Å²) in [5.74, 6) is 0.771. The van der Waals surface area contributed by atoms with Gasteiger partial charge in [-0.15, -0.1) is 5.10 Å². The van der Waals surface area contributed by atoms with Crippen LogP contribution in [0.3, 0.4) is 0 Å². The second-order valence-corrected chi connectivity index (χ2v) is 9.92. The van der Waals surface area contributed by atoms with Crippen LogP contribution >= 0.6 is 0 Å². The molecule has 2 fully saturated rings. The van der Waals surface area contributed by atoms with Crippen molar-refractivity contribution in [3.63, 3.8) is 0 Å². The number of carboxylic acid groups (broad SMARTS) is 1. The van der Waals surface area contributed by atoms with Gasteiger partial charge in [0.1, 0.15) is 0 Å². The second-order valence-electron chi connectivity index (χ2n) is 9.92. The Hall–Kier alpha value is -3.74. The topological polar surface area (TPSA) is 115 Å². The van der Waals surface area contributed by atoms with Gasteiger partial charge in [-0.25, -0.2) is 0 Å². The van der Waals surface area contributed by atoms with E-state index in [2.05, 4.69) is 69.5 Å². The number of aromatic nitrogens is 2. The molecule has 1 aromatic heterocycles. The van der Waals surface area contributed by atoms with Crippen LogP contribution in [-0.2, 0) is 9.53 Å². The quantitative estimate of drug-likeness (QED) is 0.501. The van der Waals surface area contributed by atoms with E-state index in [1.54, 1.807) is 0 Å². The van der Waals surface area contributed by atoms with Crippen LogP contribution in [0.2, 0.25) is 0 Å². The fraction of sp³-hybridized carbons (Fsp3) is 0.429. The van der Waals surface area contributed by atoms with Gasteiger partial charge in [-0.05, 0) is 57.0 Å². The summed E-state index contributed by atoms with van der Waals surface area (Å²) in [4.78, 5) is 13.4. The van der Waals surface area contributed by atoms with Crippen molar-refractivity contribution in [2.75, 3.05) is 49.6 Å². The van der Waals surface area contributed by atoms with Crippen molar-refractivity contribution in [2.24, 2.45) is 0 Å². The van der Waals surface area contributed by atoms with E-state index in [-0.39, 0.29) is 18.1 Å². The zero-order chi connectivity index (χ0) is 26.6. The van der Waals surface area contributed by atoms with Gasteiger partial charge in [0, 0.05) is 42.6 Å². The summed E-state index contributed by atoms with van der Waals surface area (Å²) < 4.78 is 5.54. The van der Waals surface area contributed by atoms with Crippen molar-refractivity contribution in [1.29, 1.82) is 5.26 Å². The summed E-state index contributed by atoms with van der Waals surface area (Å²) in [6, 6.07) is 14.7. The van der Waals surface area contributed by atoms with Crippen LogP contribution in [0.15, 0.2) is 36.4 Å². The molecule has 2 aliphatic heterocycles. The molecule has 0 radical (unpaired) electrons. The number of hydrogen-bond acceptors (Lipinski definition) is 8. The first kappa shape index (κ1) is 26.3. The molecule has 3 heterocycles. The molecule has 5 rings (SSSR count). The van der Waals surface area contributed by atoms with Gasteiger partial charge in [-0.1, -0.05) is 18.2 Å². The van der Waals surface area contributed by atoms with Crippen molar-refractivity contribution >= 4 is 28.7 Å². The van der Waals surface area contributed by atoms with Crippen molar-refractivity contribution < 1.29 is 14.6 Å². The molecule has 2 N–H and O–H groups in total. The van der Waals surface area contributed by atoms with Crippen molar-refractivity contribution in [2.45, 2.75) is 39.3 Å². The number of morpholine rings is 1. The third-order valence-electron chi connectivity index (χ3n) is 7.47. The SMILES string of the molecule is Cc1c(C#N)cccc1[C@@H](C)Nc1nnc(C)c2ccc(N3CC(C)(N4CCOCC4)C3)cc12.O=CO. The van der Waals surface area contributed by atoms with Crippen molar-refractivity contribution in [3.8, 4) is 6.07 Å². The molecule has 0 spiro atoms. The Morgan fingerprint density at radius 3 is 2.54 bits per heavy atom. The maximum Gasteiger partial charge on any atom is 0.290 e. The third-order valence-corrected chi connectivity index (χ3v) is 7.47. The molecule has 2 aliphatic rings. The van der Waals surface area contributed by atoms with Gasteiger partial charge in [-0.3, -0.25) is 9.69 Å². The highest BCUT2D eigenvalue weighted by atomic mass is 16.5. The number of anilines is 2. The van der Waals surface area contributed by atoms with E-state index in [1.807, 2.05) is 26.0 Å². The standard InChI is InChI=1S/C27H32N6O.CH2O2/c1-18-21(15-28)6-5-7-23(18)19(2)29-26-25-14-22(8-9-24(25)20(3)30-31-26)32-16-27(4,17-32)33-10-12-34-13-11-33;2-1-3/h5-9,14,19H,10-13,16-17H2,1-4H3,(H,29,31);1H,(H,2,3)/t19-;/m1./s1. The number of fused-ring (bicyclic) bond motifs is 1. The van der Waals surface area contributed by atoms with Gasteiger partial charge >= 0.3 is 0 Å². The Morgan fingerprint density at radius 2 is 1.86 bits per heavy atom. The lowest BCUT2D eigenvalue weighted by molar-refractivity contribution is -0.122. The summed E-state index contributed by atoms with van der Waals surface area (Å²) in [6.45, 7) is 13.9. The summed E-state index contributed by atoms with van der Waals surface area (Å²) in [7, 11) is 0. The maximum absolute atomic E-state index is 9.41. The van der Waals surface area contributed by atoms with E-state index in [0.717, 1.165) is 72.8 Å². The summed E-state index contributed by atoms with van der Waals surface area (Å²) in [5.41, 5.74) is 5.12. The molecule has 0 aliphatic carbocycles. The van der Waals surface area contributed by atoms with Gasteiger partial charge in [0.25, 0.3) is 6.47 Å². The molecule has 37 heavy (non-hydrogen) atoms. The molecule has 2 aromatic carbocycles. The second kappa shape index (κ2) is 11.1.